The maximum atomic E-state index is 8.85. The number of hydrogen-bond donors (Lipinski definition) is 1. The first-order chi connectivity index (χ1) is 9.75. The summed E-state index contributed by atoms with van der Waals surface area (Å²) in [4.78, 5) is 4.47. The van der Waals surface area contributed by atoms with Gasteiger partial charge in [-0.3, -0.25) is 0 Å². The number of pyridine rings is 1. The minimum Gasteiger partial charge on any atom is -0.493 e. The molecule has 2 aliphatic heterocycles. The Morgan fingerprint density at radius 2 is 2.35 bits per heavy atom. The van der Waals surface area contributed by atoms with Gasteiger partial charge in [0.1, 0.15) is 16.5 Å². The van der Waals surface area contributed by atoms with E-state index in [0.717, 1.165) is 29.8 Å². The zero-order valence-corrected chi connectivity index (χ0v) is 12.0. The first kappa shape index (κ1) is 14.1. The monoisotopic (exact) mass is 299 g/mol. The molecule has 0 aromatic carbocycles. The van der Waals surface area contributed by atoms with Crippen molar-refractivity contribution in [2.75, 3.05) is 33.0 Å². The summed E-state index contributed by atoms with van der Waals surface area (Å²) >= 11 is 6.12. The van der Waals surface area contributed by atoms with Crippen molar-refractivity contribution in [3.05, 3.63) is 22.5 Å². The van der Waals surface area contributed by atoms with Crippen molar-refractivity contribution >= 4 is 11.6 Å². The van der Waals surface area contributed by atoms with Crippen LogP contribution < -0.4 is 4.74 Å². The van der Waals surface area contributed by atoms with Crippen molar-refractivity contribution in [3.8, 4) is 5.75 Å². The van der Waals surface area contributed by atoms with E-state index in [4.69, 9.17) is 30.9 Å². The standard InChI is InChI=1S/C14H18ClNO4/c15-12-8-11(19-5-1-4-17)10-2-6-20-14(13(10)16-12)3-7-18-9-14/h8,17H,1-7,9H2. The lowest BCUT2D eigenvalue weighted by Gasteiger charge is -2.34. The van der Waals surface area contributed by atoms with E-state index < -0.39 is 5.60 Å². The topological polar surface area (TPSA) is 60.8 Å². The van der Waals surface area contributed by atoms with E-state index in [2.05, 4.69) is 4.98 Å². The average Bonchev–Trinajstić information content (AvgIpc) is 2.90. The summed E-state index contributed by atoms with van der Waals surface area (Å²) in [7, 11) is 0. The number of ether oxygens (including phenoxy) is 3. The van der Waals surface area contributed by atoms with E-state index in [1.807, 2.05) is 0 Å². The summed E-state index contributed by atoms with van der Waals surface area (Å²) in [6.07, 6.45) is 2.15. The SMILES string of the molecule is OCCCOc1cc(Cl)nc2c1CCOC21CCOC1. The highest BCUT2D eigenvalue weighted by Gasteiger charge is 2.44. The fraction of sp³-hybridized carbons (Fsp3) is 0.643. The number of fused-ring (bicyclic) bond motifs is 2. The molecule has 0 radical (unpaired) electrons. The normalized spacial score (nSPS) is 24.9. The lowest BCUT2D eigenvalue weighted by atomic mass is 9.90. The van der Waals surface area contributed by atoms with Gasteiger partial charge in [-0.15, -0.1) is 0 Å². The van der Waals surface area contributed by atoms with E-state index in [1.54, 1.807) is 6.07 Å². The van der Waals surface area contributed by atoms with E-state index in [-0.39, 0.29) is 6.61 Å². The summed E-state index contributed by atoms with van der Waals surface area (Å²) in [5.74, 6) is 0.753. The van der Waals surface area contributed by atoms with E-state index in [0.29, 0.717) is 38.0 Å². The van der Waals surface area contributed by atoms with Gasteiger partial charge in [-0.1, -0.05) is 11.6 Å². The molecule has 1 N–H and O–H groups in total. The summed E-state index contributed by atoms with van der Waals surface area (Å²) in [5.41, 5.74) is 1.45. The van der Waals surface area contributed by atoms with Crippen LogP contribution in [0.1, 0.15) is 24.1 Å². The Balaban J connectivity index is 1.95. The van der Waals surface area contributed by atoms with Crippen LogP contribution in [0.2, 0.25) is 5.15 Å². The van der Waals surface area contributed by atoms with Gasteiger partial charge in [-0.2, -0.15) is 0 Å². The number of aliphatic hydroxyl groups is 1. The Morgan fingerprint density at radius 3 is 3.10 bits per heavy atom. The molecular formula is C14H18ClNO4. The molecule has 1 aromatic heterocycles. The molecule has 3 heterocycles. The zero-order valence-electron chi connectivity index (χ0n) is 11.2. The maximum Gasteiger partial charge on any atom is 0.136 e. The molecule has 1 spiro atoms. The minimum atomic E-state index is -0.465. The fourth-order valence-corrected chi connectivity index (χ4v) is 2.96. The first-order valence-corrected chi connectivity index (χ1v) is 7.28. The molecule has 1 fully saturated rings. The molecule has 0 aliphatic carbocycles. The van der Waals surface area contributed by atoms with Gasteiger partial charge in [0.15, 0.2) is 0 Å². The third-order valence-corrected chi connectivity index (χ3v) is 3.95. The molecule has 1 atom stereocenters. The van der Waals surface area contributed by atoms with E-state index >= 15 is 0 Å². The lowest BCUT2D eigenvalue weighted by Crippen LogP contribution is -2.37. The van der Waals surface area contributed by atoms with Crippen molar-refractivity contribution in [2.45, 2.75) is 24.9 Å². The molecule has 0 amide bonds. The van der Waals surface area contributed by atoms with Crippen molar-refractivity contribution in [3.63, 3.8) is 0 Å². The minimum absolute atomic E-state index is 0.113. The molecule has 1 unspecified atom stereocenters. The second-order valence-electron chi connectivity index (χ2n) is 5.09. The lowest BCUT2D eigenvalue weighted by molar-refractivity contribution is -0.0670. The molecule has 5 nitrogen and oxygen atoms in total. The Hall–Kier alpha value is -0.880. The highest BCUT2D eigenvalue weighted by Crippen LogP contribution is 2.42. The van der Waals surface area contributed by atoms with Gasteiger partial charge in [-0.25, -0.2) is 4.98 Å². The third kappa shape index (κ3) is 2.51. The quantitative estimate of drug-likeness (QED) is 0.677. The Labute approximate surface area is 122 Å². The summed E-state index contributed by atoms with van der Waals surface area (Å²) in [6.45, 7) is 2.41. The third-order valence-electron chi connectivity index (χ3n) is 3.76. The fourth-order valence-electron chi connectivity index (χ4n) is 2.78. The Bertz CT molecular complexity index is 488. The molecule has 6 heteroatoms. The van der Waals surface area contributed by atoms with Gasteiger partial charge in [0.05, 0.1) is 25.5 Å². The smallest absolute Gasteiger partial charge is 0.136 e. The van der Waals surface area contributed by atoms with E-state index in [9.17, 15) is 0 Å². The Morgan fingerprint density at radius 1 is 1.45 bits per heavy atom. The second kappa shape index (κ2) is 5.85. The van der Waals surface area contributed by atoms with E-state index in [1.165, 1.54) is 0 Å². The summed E-state index contributed by atoms with van der Waals surface area (Å²) in [5, 5.41) is 9.25. The molecule has 1 aromatic rings. The molecule has 20 heavy (non-hydrogen) atoms. The van der Waals surface area contributed by atoms with Crippen molar-refractivity contribution in [1.29, 1.82) is 0 Å². The van der Waals surface area contributed by atoms with Crippen LogP contribution in [0.25, 0.3) is 0 Å². The van der Waals surface area contributed by atoms with Gasteiger partial charge in [0.2, 0.25) is 0 Å². The number of nitrogens with zero attached hydrogens (tertiary/aromatic N) is 1. The highest BCUT2D eigenvalue weighted by molar-refractivity contribution is 6.29. The van der Waals surface area contributed by atoms with Gasteiger partial charge in [-0.05, 0) is 0 Å². The van der Waals surface area contributed by atoms with Gasteiger partial charge < -0.3 is 19.3 Å². The predicted molar refractivity (Wildman–Crippen MR) is 73.2 cm³/mol. The number of hydrogen-bond acceptors (Lipinski definition) is 5. The van der Waals surface area contributed by atoms with Crippen LogP contribution in [0.5, 0.6) is 5.75 Å². The number of halogens is 1. The van der Waals surface area contributed by atoms with Crippen LogP contribution in [-0.2, 0) is 21.5 Å². The van der Waals surface area contributed by atoms with Crippen molar-refractivity contribution in [1.82, 2.24) is 4.98 Å². The molecular weight excluding hydrogens is 282 g/mol. The molecule has 1 saturated heterocycles. The number of aromatic nitrogens is 1. The van der Waals surface area contributed by atoms with Crippen LogP contribution in [-0.4, -0.2) is 43.1 Å². The predicted octanol–water partition coefficient (Wildman–Crippen LogP) is 1.68. The largest absolute Gasteiger partial charge is 0.493 e. The summed E-state index contributed by atoms with van der Waals surface area (Å²) < 4.78 is 17.2. The van der Waals surface area contributed by atoms with Crippen LogP contribution in [0.4, 0.5) is 0 Å². The van der Waals surface area contributed by atoms with Crippen LogP contribution >= 0.6 is 11.6 Å². The molecule has 0 saturated carbocycles. The van der Waals surface area contributed by atoms with Crippen molar-refractivity contribution in [2.24, 2.45) is 0 Å². The Kier molecular flexibility index (Phi) is 4.12. The second-order valence-corrected chi connectivity index (χ2v) is 5.48. The van der Waals surface area contributed by atoms with Crippen LogP contribution in [0.15, 0.2) is 6.07 Å². The van der Waals surface area contributed by atoms with Crippen molar-refractivity contribution < 1.29 is 19.3 Å². The van der Waals surface area contributed by atoms with Crippen LogP contribution in [0.3, 0.4) is 0 Å². The van der Waals surface area contributed by atoms with Gasteiger partial charge >= 0.3 is 0 Å². The highest BCUT2D eigenvalue weighted by atomic mass is 35.5. The number of rotatable bonds is 4. The molecule has 0 bridgehead atoms. The zero-order chi connectivity index (χ0) is 14.0. The van der Waals surface area contributed by atoms with Crippen LogP contribution in [0, 0.1) is 0 Å². The molecule has 2 aliphatic rings. The first-order valence-electron chi connectivity index (χ1n) is 6.90. The molecule has 110 valence electrons. The maximum absolute atomic E-state index is 8.85. The molecule has 3 rings (SSSR count). The number of aliphatic hydroxyl groups excluding tert-OH is 1. The van der Waals surface area contributed by atoms with Gasteiger partial charge in [0, 0.05) is 44.1 Å². The van der Waals surface area contributed by atoms with Gasteiger partial charge in [0.25, 0.3) is 0 Å². The average molecular weight is 300 g/mol. The summed E-state index contributed by atoms with van der Waals surface area (Å²) in [6, 6.07) is 1.74.